The molecule has 1 N–H and O–H groups in total. The van der Waals surface area contributed by atoms with Crippen molar-refractivity contribution < 1.29 is 8.42 Å². The summed E-state index contributed by atoms with van der Waals surface area (Å²) in [5.74, 6) is 0.921. The number of sulfonamides is 1. The second-order valence-corrected chi connectivity index (χ2v) is 10.5. The van der Waals surface area contributed by atoms with Crippen LogP contribution in [0.15, 0.2) is 21.3 Å². The molecule has 142 valence electrons. The van der Waals surface area contributed by atoms with E-state index in [2.05, 4.69) is 15.2 Å². The van der Waals surface area contributed by atoms with Gasteiger partial charge in [-0.1, -0.05) is 6.42 Å². The molecule has 2 aliphatic rings. The number of nitrogens with one attached hydrogen (secondary N) is 1. The molecule has 1 aliphatic carbocycles. The Kier molecular flexibility index (Phi) is 6.77. The molecule has 1 aliphatic heterocycles. The standard InChI is InChI=1S/C16H26N4O2S2.HI/c1-17-15(20-10-9-16(12-20)7-4-8-16)18-11-13-5-6-14(23-13)24(21,22)19(2)3;/h5-6H,4,7-12H2,1-3H3,(H,17,18);1H. The maximum Gasteiger partial charge on any atom is 0.252 e. The fourth-order valence-electron chi connectivity index (χ4n) is 3.47. The van der Waals surface area contributed by atoms with Gasteiger partial charge in [-0.2, -0.15) is 0 Å². The molecule has 2 heterocycles. The average Bonchev–Trinajstić information content (AvgIpc) is 3.14. The van der Waals surface area contributed by atoms with Gasteiger partial charge < -0.3 is 10.2 Å². The number of likely N-dealkylation sites (tertiary alicyclic amines) is 1. The lowest BCUT2D eigenvalue weighted by Gasteiger charge is -2.38. The molecule has 2 fully saturated rings. The predicted molar refractivity (Wildman–Crippen MR) is 113 cm³/mol. The van der Waals surface area contributed by atoms with Crippen molar-refractivity contribution in [2.24, 2.45) is 10.4 Å². The van der Waals surface area contributed by atoms with Gasteiger partial charge in [-0.25, -0.2) is 12.7 Å². The lowest BCUT2D eigenvalue weighted by atomic mass is 9.68. The normalized spacial score (nSPS) is 19.8. The lowest BCUT2D eigenvalue weighted by molar-refractivity contribution is 0.151. The molecule has 0 amide bonds. The van der Waals surface area contributed by atoms with Crippen molar-refractivity contribution in [1.29, 1.82) is 0 Å². The Hall–Kier alpha value is -0.390. The minimum absolute atomic E-state index is 0. The Morgan fingerprint density at radius 3 is 2.60 bits per heavy atom. The van der Waals surface area contributed by atoms with Crippen LogP contribution in [0.1, 0.15) is 30.6 Å². The van der Waals surface area contributed by atoms with Gasteiger partial charge in [0.2, 0.25) is 0 Å². The molecule has 9 heteroatoms. The summed E-state index contributed by atoms with van der Waals surface area (Å²) in [6.07, 6.45) is 5.31. The highest BCUT2D eigenvalue weighted by atomic mass is 127. The molecular weight excluding hydrogens is 471 g/mol. The van der Waals surface area contributed by atoms with E-state index in [9.17, 15) is 8.42 Å². The van der Waals surface area contributed by atoms with E-state index in [0.29, 0.717) is 16.2 Å². The Labute approximate surface area is 171 Å². The minimum Gasteiger partial charge on any atom is -0.351 e. The maximum absolute atomic E-state index is 12.1. The third kappa shape index (κ3) is 4.30. The Morgan fingerprint density at radius 2 is 2.08 bits per heavy atom. The molecule has 0 unspecified atom stereocenters. The number of nitrogens with zero attached hydrogens (tertiary/aromatic N) is 3. The smallest absolute Gasteiger partial charge is 0.252 e. The maximum atomic E-state index is 12.1. The SMILES string of the molecule is CN=C(NCc1ccc(S(=O)(=O)N(C)C)s1)N1CCC2(CCC2)C1.I. The molecule has 0 bridgehead atoms. The van der Waals surface area contributed by atoms with E-state index in [-0.39, 0.29) is 24.0 Å². The predicted octanol–water partition coefficient (Wildman–Crippen LogP) is 2.57. The Balaban J connectivity index is 0.00000225. The van der Waals surface area contributed by atoms with Crippen molar-refractivity contribution in [3.63, 3.8) is 0 Å². The molecule has 0 aromatic carbocycles. The number of hydrogen-bond donors (Lipinski definition) is 1. The molecular formula is C16H27IN4O2S2. The van der Waals surface area contributed by atoms with E-state index in [1.54, 1.807) is 20.2 Å². The summed E-state index contributed by atoms with van der Waals surface area (Å²) in [4.78, 5) is 7.73. The van der Waals surface area contributed by atoms with Crippen molar-refractivity contribution >= 4 is 51.3 Å². The van der Waals surface area contributed by atoms with Gasteiger partial charge in [0.25, 0.3) is 10.0 Å². The molecule has 1 spiro atoms. The topological polar surface area (TPSA) is 65.0 Å². The third-order valence-electron chi connectivity index (χ3n) is 5.16. The molecule has 3 rings (SSSR count). The second-order valence-electron chi connectivity index (χ2n) is 6.93. The summed E-state index contributed by atoms with van der Waals surface area (Å²) < 4.78 is 25.9. The zero-order valence-corrected chi connectivity index (χ0v) is 19.0. The summed E-state index contributed by atoms with van der Waals surface area (Å²) in [7, 11) is 1.57. The summed E-state index contributed by atoms with van der Waals surface area (Å²) >= 11 is 1.31. The van der Waals surface area contributed by atoms with E-state index in [1.165, 1.54) is 41.3 Å². The number of hydrogen-bond acceptors (Lipinski definition) is 4. The van der Waals surface area contributed by atoms with Crippen molar-refractivity contribution in [1.82, 2.24) is 14.5 Å². The van der Waals surface area contributed by atoms with E-state index in [0.717, 1.165) is 23.9 Å². The van der Waals surface area contributed by atoms with Crippen LogP contribution in [0, 0.1) is 5.41 Å². The van der Waals surface area contributed by atoms with Crippen molar-refractivity contribution in [3.05, 3.63) is 17.0 Å². The van der Waals surface area contributed by atoms with Crippen LogP contribution in [-0.4, -0.2) is 57.8 Å². The second kappa shape index (κ2) is 8.10. The van der Waals surface area contributed by atoms with E-state index < -0.39 is 10.0 Å². The van der Waals surface area contributed by atoms with Crippen LogP contribution in [0.4, 0.5) is 0 Å². The summed E-state index contributed by atoms with van der Waals surface area (Å²) in [6.45, 7) is 2.76. The number of guanidine groups is 1. The Morgan fingerprint density at radius 1 is 1.36 bits per heavy atom. The Bertz CT molecular complexity index is 726. The first kappa shape index (κ1) is 20.9. The highest BCUT2D eigenvalue weighted by molar-refractivity contribution is 14.0. The van der Waals surface area contributed by atoms with E-state index >= 15 is 0 Å². The van der Waals surface area contributed by atoms with Gasteiger partial charge in [-0.3, -0.25) is 4.99 Å². The quantitative estimate of drug-likeness (QED) is 0.394. The molecule has 1 aromatic rings. The highest BCUT2D eigenvalue weighted by Crippen LogP contribution is 2.47. The molecule has 0 radical (unpaired) electrons. The van der Waals surface area contributed by atoms with Crippen LogP contribution in [0.2, 0.25) is 0 Å². The first-order valence-corrected chi connectivity index (χ1v) is 10.6. The summed E-state index contributed by atoms with van der Waals surface area (Å²) in [5, 5.41) is 3.39. The monoisotopic (exact) mass is 498 g/mol. The van der Waals surface area contributed by atoms with E-state index in [4.69, 9.17) is 0 Å². The fraction of sp³-hybridized carbons (Fsp3) is 0.688. The summed E-state index contributed by atoms with van der Waals surface area (Å²) in [5.41, 5.74) is 0.535. The van der Waals surface area contributed by atoms with Crippen molar-refractivity contribution in [2.75, 3.05) is 34.2 Å². The largest absolute Gasteiger partial charge is 0.351 e. The molecule has 1 aromatic heterocycles. The van der Waals surface area contributed by atoms with Gasteiger partial charge in [-0.15, -0.1) is 35.3 Å². The van der Waals surface area contributed by atoms with Gasteiger partial charge >= 0.3 is 0 Å². The number of rotatable bonds is 4. The molecule has 6 nitrogen and oxygen atoms in total. The molecule has 1 saturated heterocycles. The van der Waals surface area contributed by atoms with Crippen LogP contribution < -0.4 is 5.32 Å². The van der Waals surface area contributed by atoms with Crippen LogP contribution in [0.25, 0.3) is 0 Å². The minimum atomic E-state index is -3.34. The highest BCUT2D eigenvalue weighted by Gasteiger charge is 2.43. The van der Waals surface area contributed by atoms with Crippen LogP contribution in [0.3, 0.4) is 0 Å². The molecule has 25 heavy (non-hydrogen) atoms. The molecule has 0 atom stereocenters. The first-order valence-electron chi connectivity index (χ1n) is 8.33. The summed E-state index contributed by atoms with van der Waals surface area (Å²) in [6, 6.07) is 3.55. The van der Waals surface area contributed by atoms with Gasteiger partial charge in [0.15, 0.2) is 5.96 Å². The first-order chi connectivity index (χ1) is 11.4. The third-order valence-corrected chi connectivity index (χ3v) is 8.52. The van der Waals surface area contributed by atoms with Crippen LogP contribution in [-0.2, 0) is 16.6 Å². The molecule has 1 saturated carbocycles. The number of thiophene rings is 1. The van der Waals surface area contributed by atoms with Crippen LogP contribution >= 0.6 is 35.3 Å². The number of halogens is 1. The average molecular weight is 498 g/mol. The lowest BCUT2D eigenvalue weighted by Crippen LogP contribution is -2.42. The van der Waals surface area contributed by atoms with Gasteiger partial charge in [0.1, 0.15) is 4.21 Å². The van der Waals surface area contributed by atoms with Gasteiger partial charge in [-0.05, 0) is 36.8 Å². The number of aliphatic imine (C=N–C) groups is 1. The fourth-order valence-corrected chi connectivity index (χ4v) is 5.94. The van der Waals surface area contributed by atoms with Gasteiger partial charge in [0.05, 0.1) is 6.54 Å². The zero-order valence-electron chi connectivity index (χ0n) is 15.0. The zero-order chi connectivity index (χ0) is 17.4. The van der Waals surface area contributed by atoms with Gasteiger partial charge in [0, 0.05) is 39.1 Å². The van der Waals surface area contributed by atoms with Crippen LogP contribution in [0.5, 0.6) is 0 Å². The van der Waals surface area contributed by atoms with Crippen molar-refractivity contribution in [2.45, 2.75) is 36.4 Å². The van der Waals surface area contributed by atoms with Crippen molar-refractivity contribution in [3.8, 4) is 0 Å². The van der Waals surface area contributed by atoms with E-state index in [1.807, 2.05) is 13.1 Å².